The van der Waals surface area contributed by atoms with Crippen LogP contribution in [-0.4, -0.2) is 35.1 Å². The molecule has 3 aromatic rings. The van der Waals surface area contributed by atoms with E-state index >= 15 is 0 Å². The monoisotopic (exact) mass is 393 g/mol. The van der Waals surface area contributed by atoms with Gasteiger partial charge in [0.15, 0.2) is 5.69 Å². The third kappa shape index (κ3) is 5.65. The molecule has 2 N–H and O–H groups in total. The molecule has 0 unspecified atom stereocenters. The molecule has 0 amide bonds. The van der Waals surface area contributed by atoms with E-state index in [-0.39, 0.29) is 17.2 Å². The first-order valence-electron chi connectivity index (χ1n) is 9.18. The summed E-state index contributed by atoms with van der Waals surface area (Å²) in [5.41, 5.74) is 4.05. The Morgan fingerprint density at radius 3 is 2.38 bits per heavy atom. The van der Waals surface area contributed by atoms with Crippen LogP contribution in [0.3, 0.4) is 0 Å². The molecule has 0 aliphatic heterocycles. The molecule has 0 bridgehead atoms. The molecule has 0 aliphatic rings. The van der Waals surface area contributed by atoms with E-state index in [2.05, 4.69) is 39.6 Å². The van der Waals surface area contributed by atoms with Gasteiger partial charge in [-0.2, -0.15) is 5.10 Å². The molecule has 1 aromatic heterocycles. The summed E-state index contributed by atoms with van der Waals surface area (Å²) in [6.45, 7) is 4.88. The van der Waals surface area contributed by atoms with Crippen molar-refractivity contribution >= 4 is 12.2 Å². The number of hydrazone groups is 1. The topological polar surface area (TPSA) is 101 Å². The Balaban J connectivity index is 1.62. The quantitative estimate of drug-likeness (QED) is 0.450. The Hall–Kier alpha value is -3.68. The molecular formula is C21H23N5O3. The van der Waals surface area contributed by atoms with Gasteiger partial charge >= 0.3 is 0 Å². The summed E-state index contributed by atoms with van der Waals surface area (Å²) < 4.78 is 10.8. The second-order valence-corrected chi connectivity index (χ2v) is 6.72. The van der Waals surface area contributed by atoms with Gasteiger partial charge in [-0.05, 0) is 60.0 Å². The number of aromatic nitrogens is 3. The molecule has 150 valence electrons. The SMILES string of the molecule is COc1ccc(-c2nnc(N/N=C/c3ccc(OCC(C)C)cc3)[nH]c2=O)cc1. The van der Waals surface area contributed by atoms with Gasteiger partial charge in [-0.15, -0.1) is 10.2 Å². The van der Waals surface area contributed by atoms with E-state index < -0.39 is 0 Å². The molecule has 3 rings (SSSR count). The third-order valence-corrected chi connectivity index (χ3v) is 3.91. The second-order valence-electron chi connectivity index (χ2n) is 6.72. The standard InChI is InChI=1S/C21H23N5O3/c1-14(2)13-29-18-8-4-15(5-9-18)12-22-25-21-23-20(27)19(24-26-21)16-6-10-17(28-3)11-7-16/h4-12,14H,13H2,1-3H3,(H2,23,25,26,27)/b22-12+. The summed E-state index contributed by atoms with van der Waals surface area (Å²) in [4.78, 5) is 14.9. The van der Waals surface area contributed by atoms with Crippen molar-refractivity contribution in [1.82, 2.24) is 15.2 Å². The molecule has 0 saturated heterocycles. The van der Waals surface area contributed by atoms with Gasteiger partial charge in [0.05, 0.1) is 19.9 Å². The van der Waals surface area contributed by atoms with Crippen LogP contribution >= 0.6 is 0 Å². The fourth-order valence-corrected chi connectivity index (χ4v) is 2.41. The lowest BCUT2D eigenvalue weighted by Crippen LogP contribution is -2.15. The van der Waals surface area contributed by atoms with E-state index in [0.29, 0.717) is 23.8 Å². The summed E-state index contributed by atoms with van der Waals surface area (Å²) >= 11 is 0. The first-order chi connectivity index (χ1) is 14.0. The number of ether oxygens (including phenoxy) is 2. The summed E-state index contributed by atoms with van der Waals surface area (Å²) in [7, 11) is 1.58. The number of anilines is 1. The number of nitrogens with one attached hydrogen (secondary N) is 2. The van der Waals surface area contributed by atoms with E-state index in [9.17, 15) is 4.79 Å². The molecular weight excluding hydrogens is 370 g/mol. The van der Waals surface area contributed by atoms with Gasteiger partial charge in [0.2, 0.25) is 5.95 Å². The molecule has 0 radical (unpaired) electrons. The fourth-order valence-electron chi connectivity index (χ4n) is 2.41. The van der Waals surface area contributed by atoms with Crippen LogP contribution in [-0.2, 0) is 0 Å². The van der Waals surface area contributed by atoms with Crippen molar-refractivity contribution < 1.29 is 9.47 Å². The maximum absolute atomic E-state index is 12.3. The third-order valence-electron chi connectivity index (χ3n) is 3.91. The lowest BCUT2D eigenvalue weighted by molar-refractivity contribution is 0.271. The number of methoxy groups -OCH3 is 1. The summed E-state index contributed by atoms with van der Waals surface area (Å²) in [6.07, 6.45) is 1.61. The highest BCUT2D eigenvalue weighted by atomic mass is 16.5. The maximum atomic E-state index is 12.3. The maximum Gasteiger partial charge on any atom is 0.279 e. The highest BCUT2D eigenvalue weighted by molar-refractivity contribution is 5.80. The Morgan fingerprint density at radius 2 is 1.76 bits per heavy atom. The van der Waals surface area contributed by atoms with Crippen molar-refractivity contribution in [2.45, 2.75) is 13.8 Å². The van der Waals surface area contributed by atoms with Crippen LogP contribution in [0.1, 0.15) is 19.4 Å². The average molecular weight is 393 g/mol. The number of benzene rings is 2. The Labute approximate surface area is 168 Å². The minimum atomic E-state index is -0.366. The highest BCUT2D eigenvalue weighted by Crippen LogP contribution is 2.17. The highest BCUT2D eigenvalue weighted by Gasteiger charge is 2.07. The summed E-state index contributed by atoms with van der Waals surface area (Å²) in [6, 6.07) is 14.6. The van der Waals surface area contributed by atoms with Gasteiger partial charge in [-0.1, -0.05) is 13.8 Å². The molecule has 0 atom stereocenters. The van der Waals surface area contributed by atoms with Crippen LogP contribution in [0.4, 0.5) is 5.95 Å². The van der Waals surface area contributed by atoms with Gasteiger partial charge in [-0.3, -0.25) is 9.78 Å². The van der Waals surface area contributed by atoms with Crippen molar-refractivity contribution in [2.24, 2.45) is 11.0 Å². The summed E-state index contributed by atoms with van der Waals surface area (Å²) in [5.74, 6) is 2.14. The smallest absolute Gasteiger partial charge is 0.279 e. The van der Waals surface area contributed by atoms with E-state index in [4.69, 9.17) is 9.47 Å². The van der Waals surface area contributed by atoms with Crippen molar-refractivity contribution in [3.8, 4) is 22.8 Å². The van der Waals surface area contributed by atoms with Gasteiger partial charge < -0.3 is 9.47 Å². The van der Waals surface area contributed by atoms with Crippen LogP contribution in [0.25, 0.3) is 11.3 Å². The van der Waals surface area contributed by atoms with Crippen molar-refractivity contribution in [3.05, 3.63) is 64.4 Å². The van der Waals surface area contributed by atoms with Crippen LogP contribution in [0.15, 0.2) is 58.4 Å². The minimum absolute atomic E-state index is 0.153. The predicted octanol–water partition coefficient (Wildman–Crippen LogP) is 3.32. The molecule has 8 nitrogen and oxygen atoms in total. The number of hydrogen-bond donors (Lipinski definition) is 2. The summed E-state index contributed by atoms with van der Waals surface area (Å²) in [5, 5.41) is 12.0. The largest absolute Gasteiger partial charge is 0.497 e. The Kier molecular flexibility index (Phi) is 6.57. The van der Waals surface area contributed by atoms with E-state index in [1.807, 2.05) is 24.3 Å². The zero-order chi connectivity index (χ0) is 20.6. The van der Waals surface area contributed by atoms with Gasteiger partial charge in [-0.25, -0.2) is 5.43 Å². The van der Waals surface area contributed by atoms with E-state index in [1.54, 1.807) is 37.6 Å². The van der Waals surface area contributed by atoms with Gasteiger partial charge in [0.25, 0.3) is 5.56 Å². The molecule has 8 heteroatoms. The number of hydrogen-bond acceptors (Lipinski definition) is 7. The molecule has 1 heterocycles. The zero-order valence-electron chi connectivity index (χ0n) is 16.5. The Bertz CT molecular complexity index is 1010. The van der Waals surface area contributed by atoms with E-state index in [1.165, 1.54) is 0 Å². The van der Waals surface area contributed by atoms with Crippen molar-refractivity contribution in [2.75, 3.05) is 19.1 Å². The predicted molar refractivity (Wildman–Crippen MR) is 113 cm³/mol. The molecule has 0 fully saturated rings. The second kappa shape index (κ2) is 9.50. The molecule has 0 spiro atoms. The average Bonchev–Trinajstić information content (AvgIpc) is 2.73. The molecule has 29 heavy (non-hydrogen) atoms. The van der Waals surface area contributed by atoms with E-state index in [0.717, 1.165) is 11.3 Å². The fraction of sp³-hybridized carbons (Fsp3) is 0.238. The normalized spacial score (nSPS) is 11.0. The number of aromatic amines is 1. The lowest BCUT2D eigenvalue weighted by Gasteiger charge is -2.08. The number of nitrogens with zero attached hydrogens (tertiary/aromatic N) is 3. The van der Waals surface area contributed by atoms with Crippen LogP contribution in [0.5, 0.6) is 11.5 Å². The number of H-pyrrole nitrogens is 1. The molecule has 0 aliphatic carbocycles. The minimum Gasteiger partial charge on any atom is -0.497 e. The molecule has 2 aromatic carbocycles. The first kappa shape index (κ1) is 20.1. The van der Waals surface area contributed by atoms with Crippen LogP contribution in [0, 0.1) is 5.92 Å². The zero-order valence-corrected chi connectivity index (χ0v) is 16.5. The molecule has 0 saturated carbocycles. The van der Waals surface area contributed by atoms with Crippen molar-refractivity contribution in [3.63, 3.8) is 0 Å². The lowest BCUT2D eigenvalue weighted by atomic mass is 10.1. The van der Waals surface area contributed by atoms with Gasteiger partial charge in [0.1, 0.15) is 11.5 Å². The van der Waals surface area contributed by atoms with Crippen LogP contribution < -0.4 is 20.5 Å². The number of rotatable bonds is 8. The van der Waals surface area contributed by atoms with Gasteiger partial charge in [0, 0.05) is 5.56 Å². The van der Waals surface area contributed by atoms with Crippen LogP contribution in [0.2, 0.25) is 0 Å². The first-order valence-corrected chi connectivity index (χ1v) is 9.18. The Morgan fingerprint density at radius 1 is 1.07 bits per heavy atom. The van der Waals surface area contributed by atoms with Crippen molar-refractivity contribution in [1.29, 1.82) is 0 Å².